The number of rotatable bonds is 3. The summed E-state index contributed by atoms with van der Waals surface area (Å²) in [5.74, 6) is -0.109. The molecule has 2 heterocycles. The molecule has 0 fully saturated rings. The lowest BCUT2D eigenvalue weighted by atomic mass is 10.2. The molecule has 18 heavy (non-hydrogen) atoms. The third-order valence-electron chi connectivity index (χ3n) is 3.13. The maximum Gasteiger partial charge on any atom is 0.255 e. The lowest BCUT2D eigenvalue weighted by Crippen LogP contribution is -2.24. The Morgan fingerprint density at radius 3 is 2.67 bits per heavy atom. The van der Waals surface area contributed by atoms with Gasteiger partial charge in [0.2, 0.25) is 0 Å². The number of H-pyrrole nitrogens is 1. The summed E-state index contributed by atoms with van der Waals surface area (Å²) in [6.45, 7) is 6.10. The fourth-order valence-corrected chi connectivity index (χ4v) is 1.87. The normalized spacial score (nSPS) is 10.7. The molecule has 96 valence electrons. The maximum atomic E-state index is 12.0. The largest absolute Gasteiger partial charge is 0.348 e. The first-order chi connectivity index (χ1) is 8.50. The molecule has 0 unspecified atom stereocenters. The zero-order valence-electron chi connectivity index (χ0n) is 11.0. The van der Waals surface area contributed by atoms with Crippen molar-refractivity contribution in [1.29, 1.82) is 0 Å². The minimum Gasteiger partial charge on any atom is -0.348 e. The molecule has 0 saturated carbocycles. The van der Waals surface area contributed by atoms with E-state index in [1.165, 1.54) is 0 Å². The summed E-state index contributed by atoms with van der Waals surface area (Å²) >= 11 is 0. The molecule has 0 aromatic carbocycles. The molecule has 0 radical (unpaired) electrons. The second-order valence-electron chi connectivity index (χ2n) is 4.37. The molecular weight excluding hydrogens is 230 g/mol. The number of nitrogens with zero attached hydrogens (tertiary/aromatic N) is 3. The minimum atomic E-state index is -0.109. The average Bonchev–Trinajstić information content (AvgIpc) is 2.82. The van der Waals surface area contributed by atoms with Gasteiger partial charge in [-0.05, 0) is 20.8 Å². The van der Waals surface area contributed by atoms with Gasteiger partial charge in [0, 0.05) is 30.5 Å². The highest BCUT2D eigenvalue weighted by molar-refractivity contribution is 5.96. The van der Waals surface area contributed by atoms with Crippen LogP contribution in [0.4, 0.5) is 0 Å². The number of amides is 1. The smallest absolute Gasteiger partial charge is 0.255 e. The molecule has 0 atom stereocenters. The summed E-state index contributed by atoms with van der Waals surface area (Å²) in [5.41, 5.74) is 4.19. The van der Waals surface area contributed by atoms with Crippen LogP contribution in [0.15, 0.2) is 6.20 Å². The van der Waals surface area contributed by atoms with Crippen molar-refractivity contribution in [3.8, 4) is 0 Å². The highest BCUT2D eigenvalue weighted by Crippen LogP contribution is 2.10. The number of carbonyl (C=O) groups excluding carboxylic acids is 1. The van der Waals surface area contributed by atoms with Crippen molar-refractivity contribution in [3.05, 3.63) is 34.4 Å². The summed E-state index contributed by atoms with van der Waals surface area (Å²) in [5, 5.41) is 13.8. The summed E-state index contributed by atoms with van der Waals surface area (Å²) in [7, 11) is 1.88. The lowest BCUT2D eigenvalue weighted by molar-refractivity contribution is 0.0949. The van der Waals surface area contributed by atoms with Gasteiger partial charge >= 0.3 is 0 Å². The molecule has 6 heteroatoms. The Morgan fingerprint density at radius 2 is 2.17 bits per heavy atom. The molecule has 2 aromatic heterocycles. The van der Waals surface area contributed by atoms with E-state index in [9.17, 15) is 4.79 Å². The Kier molecular flexibility index (Phi) is 3.18. The van der Waals surface area contributed by atoms with Crippen molar-refractivity contribution < 1.29 is 4.79 Å². The molecule has 6 nitrogen and oxygen atoms in total. The first kappa shape index (κ1) is 12.3. The van der Waals surface area contributed by atoms with E-state index in [4.69, 9.17) is 0 Å². The molecule has 0 aliphatic carbocycles. The van der Waals surface area contributed by atoms with Crippen LogP contribution in [0.5, 0.6) is 0 Å². The number of carbonyl (C=O) groups is 1. The topological polar surface area (TPSA) is 75.6 Å². The first-order valence-electron chi connectivity index (χ1n) is 5.78. The van der Waals surface area contributed by atoms with E-state index in [1.54, 1.807) is 10.9 Å². The Labute approximate surface area is 105 Å². The van der Waals surface area contributed by atoms with Gasteiger partial charge in [0.05, 0.1) is 17.5 Å². The Balaban J connectivity index is 2.07. The van der Waals surface area contributed by atoms with Gasteiger partial charge in [0.1, 0.15) is 0 Å². The second kappa shape index (κ2) is 4.64. The minimum absolute atomic E-state index is 0.109. The Morgan fingerprint density at radius 1 is 1.44 bits per heavy atom. The van der Waals surface area contributed by atoms with Crippen LogP contribution >= 0.6 is 0 Å². The Bertz CT molecular complexity index is 562. The molecule has 0 aliphatic heterocycles. The van der Waals surface area contributed by atoms with Crippen molar-refractivity contribution in [2.45, 2.75) is 27.3 Å². The third-order valence-corrected chi connectivity index (χ3v) is 3.13. The van der Waals surface area contributed by atoms with Crippen LogP contribution in [-0.2, 0) is 13.6 Å². The number of nitrogens with one attached hydrogen (secondary N) is 2. The third kappa shape index (κ3) is 2.13. The summed E-state index contributed by atoms with van der Waals surface area (Å²) in [6.07, 6.45) is 1.77. The molecule has 0 aliphatic rings. The zero-order chi connectivity index (χ0) is 13.3. The fourth-order valence-electron chi connectivity index (χ4n) is 1.87. The number of aryl methyl sites for hydroxylation is 3. The highest BCUT2D eigenvalue weighted by atomic mass is 16.1. The molecule has 2 N–H and O–H groups in total. The zero-order valence-corrected chi connectivity index (χ0v) is 11.0. The van der Waals surface area contributed by atoms with Crippen molar-refractivity contribution >= 4 is 5.91 Å². The van der Waals surface area contributed by atoms with Crippen LogP contribution in [0.25, 0.3) is 0 Å². The quantitative estimate of drug-likeness (QED) is 0.849. The molecule has 0 saturated heterocycles. The number of hydrogen-bond acceptors (Lipinski definition) is 3. The van der Waals surface area contributed by atoms with Crippen LogP contribution in [-0.4, -0.2) is 25.9 Å². The Hall–Kier alpha value is -2.11. The van der Waals surface area contributed by atoms with Gasteiger partial charge in [-0.25, -0.2) is 0 Å². The van der Waals surface area contributed by atoms with E-state index >= 15 is 0 Å². The summed E-state index contributed by atoms with van der Waals surface area (Å²) in [6, 6.07) is 0. The van der Waals surface area contributed by atoms with Crippen molar-refractivity contribution in [3.63, 3.8) is 0 Å². The van der Waals surface area contributed by atoms with Gasteiger partial charge < -0.3 is 5.32 Å². The average molecular weight is 247 g/mol. The van der Waals surface area contributed by atoms with Crippen molar-refractivity contribution in [2.24, 2.45) is 7.05 Å². The van der Waals surface area contributed by atoms with E-state index in [-0.39, 0.29) is 5.91 Å². The number of hydrogen-bond donors (Lipinski definition) is 2. The summed E-state index contributed by atoms with van der Waals surface area (Å²) < 4.78 is 1.79. The monoisotopic (exact) mass is 247 g/mol. The van der Waals surface area contributed by atoms with Crippen LogP contribution in [0, 0.1) is 20.8 Å². The van der Waals surface area contributed by atoms with Crippen LogP contribution in [0.3, 0.4) is 0 Å². The number of aromatic amines is 1. The molecule has 0 spiro atoms. The van der Waals surface area contributed by atoms with Gasteiger partial charge in [0.15, 0.2) is 0 Å². The van der Waals surface area contributed by atoms with Crippen molar-refractivity contribution in [2.75, 3.05) is 0 Å². The van der Waals surface area contributed by atoms with Gasteiger partial charge in [-0.1, -0.05) is 0 Å². The first-order valence-corrected chi connectivity index (χ1v) is 5.78. The van der Waals surface area contributed by atoms with E-state index in [2.05, 4.69) is 20.6 Å². The van der Waals surface area contributed by atoms with Crippen molar-refractivity contribution in [1.82, 2.24) is 25.3 Å². The lowest BCUT2D eigenvalue weighted by Gasteiger charge is -2.05. The fraction of sp³-hybridized carbons (Fsp3) is 0.417. The predicted molar refractivity (Wildman–Crippen MR) is 67.2 cm³/mol. The molecule has 2 rings (SSSR count). The van der Waals surface area contributed by atoms with E-state index in [1.807, 2.05) is 27.8 Å². The van der Waals surface area contributed by atoms with Gasteiger partial charge in [-0.15, -0.1) is 0 Å². The number of aromatic nitrogens is 4. The molecular formula is C12H17N5O. The maximum absolute atomic E-state index is 12.0. The standard InChI is InChI=1S/C12H17N5O/c1-7-11(8(2)16-15-7)12(18)13-5-10-6-14-17(4)9(10)3/h6H,5H2,1-4H3,(H,13,18)(H,15,16). The highest BCUT2D eigenvalue weighted by Gasteiger charge is 2.15. The molecule has 0 bridgehead atoms. The van der Waals surface area contributed by atoms with Crippen LogP contribution < -0.4 is 5.32 Å². The SMILES string of the molecule is Cc1n[nH]c(C)c1C(=O)NCc1cnn(C)c1C. The van der Waals surface area contributed by atoms with Crippen LogP contribution in [0.2, 0.25) is 0 Å². The van der Waals surface area contributed by atoms with E-state index in [0.717, 1.165) is 17.0 Å². The molecule has 1 amide bonds. The van der Waals surface area contributed by atoms with E-state index in [0.29, 0.717) is 17.8 Å². The molecule has 2 aromatic rings. The second-order valence-corrected chi connectivity index (χ2v) is 4.37. The van der Waals surface area contributed by atoms with Gasteiger partial charge in [0.25, 0.3) is 5.91 Å². The van der Waals surface area contributed by atoms with Gasteiger partial charge in [-0.2, -0.15) is 10.2 Å². The predicted octanol–water partition coefficient (Wildman–Crippen LogP) is 0.998. The van der Waals surface area contributed by atoms with E-state index < -0.39 is 0 Å². The van der Waals surface area contributed by atoms with Crippen LogP contribution in [0.1, 0.15) is 33.0 Å². The van der Waals surface area contributed by atoms with Gasteiger partial charge in [-0.3, -0.25) is 14.6 Å². The summed E-state index contributed by atoms with van der Waals surface area (Å²) in [4.78, 5) is 12.0.